The zero-order valence-corrected chi connectivity index (χ0v) is 14.2. The lowest BCUT2D eigenvalue weighted by Crippen LogP contribution is -2.36. The highest BCUT2D eigenvalue weighted by Gasteiger charge is 2.42. The minimum absolute atomic E-state index is 0.0526. The molecule has 0 fully saturated rings. The summed E-state index contributed by atoms with van der Waals surface area (Å²) < 4.78 is 43.0. The number of benzene rings is 1. The van der Waals surface area contributed by atoms with E-state index in [2.05, 4.69) is 15.9 Å². The van der Waals surface area contributed by atoms with E-state index in [1.165, 1.54) is 25.3 Å². The number of methoxy groups -OCH3 is 1. The molecule has 0 saturated heterocycles. The van der Waals surface area contributed by atoms with Crippen LogP contribution in [0, 0.1) is 5.92 Å². The van der Waals surface area contributed by atoms with Crippen LogP contribution in [0.2, 0.25) is 0 Å². The van der Waals surface area contributed by atoms with E-state index in [0.29, 0.717) is 5.56 Å². The van der Waals surface area contributed by atoms with Crippen molar-refractivity contribution in [2.24, 2.45) is 5.92 Å². The van der Waals surface area contributed by atoms with Gasteiger partial charge in [0.2, 0.25) is 0 Å². The lowest BCUT2D eigenvalue weighted by Gasteiger charge is -2.33. The molecule has 0 radical (unpaired) electrons. The summed E-state index contributed by atoms with van der Waals surface area (Å²) in [5, 5.41) is 18.5. The predicted octanol–water partition coefficient (Wildman–Crippen LogP) is 4.50. The average molecular weight is 414 g/mol. The van der Waals surface area contributed by atoms with E-state index in [0.717, 1.165) is 12.1 Å². The van der Waals surface area contributed by atoms with E-state index in [4.69, 9.17) is 16.3 Å². The van der Waals surface area contributed by atoms with Crippen LogP contribution in [0.25, 0.3) is 0 Å². The Morgan fingerprint density at radius 1 is 1.30 bits per heavy atom. The maximum Gasteiger partial charge on any atom is 0.416 e. The van der Waals surface area contributed by atoms with E-state index in [1.54, 1.807) is 0 Å². The van der Waals surface area contributed by atoms with Crippen LogP contribution >= 0.6 is 27.5 Å². The van der Waals surface area contributed by atoms with Crippen LogP contribution in [0.1, 0.15) is 11.1 Å². The number of aliphatic hydroxyl groups is 2. The Labute approximate surface area is 144 Å². The molecule has 2 rings (SSSR count). The maximum absolute atomic E-state index is 12.6. The summed E-state index contributed by atoms with van der Waals surface area (Å²) >= 11 is 9.13. The van der Waals surface area contributed by atoms with Crippen LogP contribution in [0.3, 0.4) is 0 Å². The van der Waals surface area contributed by atoms with Crippen LogP contribution in [-0.2, 0) is 17.3 Å². The number of hydrogen-bond donors (Lipinski definition) is 2. The largest absolute Gasteiger partial charge is 0.504 e. The van der Waals surface area contributed by atoms with Gasteiger partial charge in [0.05, 0.1) is 23.1 Å². The first kappa shape index (κ1) is 18.2. The van der Waals surface area contributed by atoms with Gasteiger partial charge in [-0.1, -0.05) is 23.7 Å². The van der Waals surface area contributed by atoms with Gasteiger partial charge in [0, 0.05) is 0 Å². The van der Waals surface area contributed by atoms with Gasteiger partial charge in [0.25, 0.3) is 0 Å². The van der Waals surface area contributed by atoms with Crippen molar-refractivity contribution in [2.75, 3.05) is 7.11 Å². The summed E-state index contributed by atoms with van der Waals surface area (Å²) in [5.74, 6) is -1.02. The normalized spacial score (nSPS) is 25.3. The molecule has 0 saturated carbocycles. The van der Waals surface area contributed by atoms with Gasteiger partial charge in [-0.2, -0.15) is 13.2 Å². The molecular weight excluding hydrogens is 401 g/mol. The number of alkyl halides is 4. The van der Waals surface area contributed by atoms with E-state index < -0.39 is 22.7 Å². The third-order valence-electron chi connectivity index (χ3n) is 3.53. The van der Waals surface area contributed by atoms with Crippen molar-refractivity contribution in [1.29, 1.82) is 0 Å². The number of halogens is 5. The lowest BCUT2D eigenvalue weighted by atomic mass is 9.87. The third-order valence-corrected chi connectivity index (χ3v) is 4.51. The van der Waals surface area contributed by atoms with Crippen LogP contribution in [-0.4, -0.2) is 22.4 Å². The molecule has 2 unspecified atom stereocenters. The molecule has 0 heterocycles. The van der Waals surface area contributed by atoms with Gasteiger partial charge in [-0.3, -0.25) is 0 Å². The molecule has 1 aliphatic rings. The van der Waals surface area contributed by atoms with Gasteiger partial charge in [-0.15, -0.1) is 0 Å². The fraction of sp³-hybridized carbons (Fsp3) is 0.333. The van der Waals surface area contributed by atoms with Crippen LogP contribution in [0.15, 0.2) is 46.3 Å². The van der Waals surface area contributed by atoms with Gasteiger partial charge in [-0.05, 0) is 46.1 Å². The quantitative estimate of drug-likeness (QED) is 0.718. The molecule has 1 aromatic rings. The van der Waals surface area contributed by atoms with E-state index >= 15 is 0 Å². The van der Waals surface area contributed by atoms with Crippen LogP contribution < -0.4 is 0 Å². The smallest absolute Gasteiger partial charge is 0.416 e. The first-order valence-electron chi connectivity index (χ1n) is 6.49. The van der Waals surface area contributed by atoms with Gasteiger partial charge >= 0.3 is 6.18 Å². The molecule has 0 aliphatic heterocycles. The maximum atomic E-state index is 12.6. The zero-order chi connectivity index (χ0) is 17.4. The standard InChI is InChI=1S/C15H13BrClF3O3/c1-23-13-10(14(17,22)7-11(16)12(13)21)6-8-2-4-9(5-3-8)15(18,19)20/h2-5,7,10,21-22H,6H2,1H3. The van der Waals surface area contributed by atoms with Gasteiger partial charge in [0.15, 0.2) is 10.8 Å². The Hall–Kier alpha value is -1.18. The molecule has 2 atom stereocenters. The van der Waals surface area contributed by atoms with Crippen molar-refractivity contribution in [3.8, 4) is 0 Å². The number of rotatable bonds is 3. The highest BCUT2D eigenvalue weighted by Crippen LogP contribution is 2.42. The molecule has 0 bridgehead atoms. The SMILES string of the molecule is COC1=C(O)C(Br)=CC(O)(Cl)C1Cc1ccc(C(F)(F)F)cc1. The molecule has 0 aromatic heterocycles. The summed E-state index contributed by atoms with van der Waals surface area (Å²) in [6, 6.07) is 4.50. The summed E-state index contributed by atoms with van der Waals surface area (Å²) in [6.45, 7) is 0. The fourth-order valence-corrected chi connectivity index (χ4v) is 3.32. The molecule has 3 nitrogen and oxygen atoms in total. The highest BCUT2D eigenvalue weighted by molar-refractivity contribution is 9.11. The lowest BCUT2D eigenvalue weighted by molar-refractivity contribution is -0.137. The first-order chi connectivity index (χ1) is 10.6. The predicted molar refractivity (Wildman–Crippen MR) is 83.1 cm³/mol. The summed E-state index contributed by atoms with van der Waals surface area (Å²) in [7, 11) is 1.31. The van der Waals surface area contributed by atoms with E-state index in [9.17, 15) is 23.4 Å². The number of ether oxygens (including phenoxy) is 1. The van der Waals surface area contributed by atoms with Crippen molar-refractivity contribution in [1.82, 2.24) is 0 Å². The van der Waals surface area contributed by atoms with Crippen molar-refractivity contribution >= 4 is 27.5 Å². The van der Waals surface area contributed by atoms with Gasteiger partial charge < -0.3 is 14.9 Å². The monoisotopic (exact) mass is 412 g/mol. The third kappa shape index (κ3) is 3.84. The minimum atomic E-state index is -4.42. The topological polar surface area (TPSA) is 49.7 Å². The van der Waals surface area contributed by atoms with Crippen LogP contribution in [0.5, 0.6) is 0 Å². The Kier molecular flexibility index (Phi) is 5.03. The average Bonchev–Trinajstić information content (AvgIpc) is 2.44. The Morgan fingerprint density at radius 2 is 1.87 bits per heavy atom. The number of hydrogen-bond acceptors (Lipinski definition) is 3. The number of aliphatic hydroxyl groups excluding tert-OH is 1. The Bertz CT molecular complexity index is 651. The summed E-state index contributed by atoms with van der Waals surface area (Å²) in [4.78, 5) is 0. The molecule has 23 heavy (non-hydrogen) atoms. The molecule has 0 spiro atoms. The van der Waals surface area contributed by atoms with Crippen molar-refractivity contribution in [3.63, 3.8) is 0 Å². The summed E-state index contributed by atoms with van der Waals surface area (Å²) in [6.07, 6.45) is -3.12. The minimum Gasteiger partial charge on any atom is -0.504 e. The molecule has 0 amide bonds. The number of allylic oxidation sites excluding steroid dienone is 1. The first-order valence-corrected chi connectivity index (χ1v) is 7.66. The summed E-state index contributed by atoms with van der Waals surface area (Å²) in [5.41, 5.74) is -0.255. The van der Waals surface area contributed by atoms with Crippen molar-refractivity contribution < 1.29 is 28.1 Å². The molecule has 1 aliphatic carbocycles. The van der Waals surface area contributed by atoms with Crippen molar-refractivity contribution in [2.45, 2.75) is 17.7 Å². The van der Waals surface area contributed by atoms with E-state index in [-0.39, 0.29) is 22.4 Å². The fourth-order valence-electron chi connectivity index (χ4n) is 2.35. The van der Waals surface area contributed by atoms with E-state index in [1.807, 2.05) is 0 Å². The Balaban J connectivity index is 2.31. The molecule has 1 aromatic carbocycles. The van der Waals surface area contributed by atoms with Crippen molar-refractivity contribution in [3.05, 3.63) is 57.5 Å². The molecular formula is C15H13BrClF3O3. The van der Waals surface area contributed by atoms with Gasteiger partial charge in [0.1, 0.15) is 5.76 Å². The van der Waals surface area contributed by atoms with Crippen LogP contribution in [0.4, 0.5) is 13.2 Å². The highest BCUT2D eigenvalue weighted by atomic mass is 79.9. The second-order valence-electron chi connectivity index (χ2n) is 5.09. The second-order valence-corrected chi connectivity index (χ2v) is 6.55. The van der Waals surface area contributed by atoms with Gasteiger partial charge in [-0.25, -0.2) is 0 Å². The molecule has 2 N–H and O–H groups in total. The molecule has 126 valence electrons. The Morgan fingerprint density at radius 3 is 2.35 bits per heavy atom. The zero-order valence-electron chi connectivity index (χ0n) is 11.9. The molecule has 8 heteroatoms. The second kappa shape index (κ2) is 6.37.